The summed E-state index contributed by atoms with van der Waals surface area (Å²) in [4.78, 5) is 109. The van der Waals surface area contributed by atoms with Crippen molar-refractivity contribution in [2.75, 3.05) is 13.1 Å². The van der Waals surface area contributed by atoms with Crippen molar-refractivity contribution in [3.63, 3.8) is 0 Å². The van der Waals surface area contributed by atoms with E-state index in [0.717, 1.165) is 43.4 Å². The van der Waals surface area contributed by atoms with Crippen molar-refractivity contribution in [1.82, 2.24) is 35.7 Å². The predicted molar refractivity (Wildman–Crippen MR) is 290 cm³/mol. The normalized spacial score (nSPS) is 17.9. The average Bonchev–Trinajstić information content (AvgIpc) is 4.18. The van der Waals surface area contributed by atoms with Crippen molar-refractivity contribution >= 4 is 70.1 Å². The number of hydrogen-bond donors (Lipinski definition) is 9. The Morgan fingerprint density at radius 2 is 0.987 bits per heavy atom. The maximum Gasteiger partial charge on any atom is 0.303 e. The highest BCUT2D eigenvalue weighted by Gasteiger charge is 2.45. The van der Waals surface area contributed by atoms with Crippen molar-refractivity contribution in [3.05, 3.63) is 82.1 Å². The molecule has 4 aromatic rings. The molecule has 420 valence electrons. The van der Waals surface area contributed by atoms with Crippen LogP contribution in [0, 0.1) is 24.7 Å². The number of nitrogens with zero attached hydrogens (tertiary/aromatic N) is 4. The van der Waals surface area contributed by atoms with Crippen LogP contribution in [0.4, 0.5) is 0 Å². The zero-order valence-corrected chi connectivity index (χ0v) is 46.5. The molecule has 4 heterocycles. The summed E-state index contributed by atoms with van der Waals surface area (Å²) in [6.07, 6.45) is -1.19. The number of carboxylic acid groups (broad SMARTS) is 3. The molecule has 0 saturated carbocycles. The van der Waals surface area contributed by atoms with Crippen LogP contribution in [-0.4, -0.2) is 142 Å². The Morgan fingerprint density at radius 1 is 0.610 bits per heavy atom. The van der Waals surface area contributed by atoms with Crippen LogP contribution < -0.4 is 21.7 Å². The summed E-state index contributed by atoms with van der Waals surface area (Å²) in [6.45, 7) is 15.7. The number of nitrogens with one attached hydrogen (secondary N) is 3. The third kappa shape index (κ3) is 19.4. The minimum Gasteiger partial charge on any atom is -0.481 e. The molecule has 0 spiro atoms. The number of aliphatic hydroxyl groups is 2. The summed E-state index contributed by atoms with van der Waals surface area (Å²) in [5, 5.41) is 53.7. The Balaban J connectivity index is 0.000000292. The third-order valence-electron chi connectivity index (χ3n) is 12.8. The number of carboxylic acids is 3. The number of amides is 5. The minimum atomic E-state index is -0.994. The first-order valence-corrected chi connectivity index (χ1v) is 27.0. The van der Waals surface area contributed by atoms with Crippen molar-refractivity contribution in [2.24, 2.45) is 16.6 Å². The van der Waals surface area contributed by atoms with Crippen molar-refractivity contribution in [3.8, 4) is 20.9 Å². The quantitative estimate of drug-likeness (QED) is 0.0604. The van der Waals surface area contributed by atoms with E-state index in [-0.39, 0.29) is 88.7 Å². The van der Waals surface area contributed by atoms with Gasteiger partial charge in [0, 0.05) is 64.7 Å². The lowest BCUT2D eigenvalue weighted by Gasteiger charge is -2.35. The minimum absolute atomic E-state index is 0.0126. The number of carbonyl (C=O) groups is 8. The number of aliphatic carboxylic acids is 3. The van der Waals surface area contributed by atoms with E-state index >= 15 is 0 Å². The Morgan fingerprint density at radius 3 is 1.32 bits per heavy atom. The van der Waals surface area contributed by atoms with Crippen molar-refractivity contribution in [2.45, 2.75) is 156 Å². The van der Waals surface area contributed by atoms with Crippen LogP contribution in [0.25, 0.3) is 20.9 Å². The van der Waals surface area contributed by atoms with Gasteiger partial charge in [0.15, 0.2) is 0 Å². The molecule has 2 aliphatic rings. The molecule has 10 N–H and O–H groups in total. The molecule has 6 rings (SSSR count). The van der Waals surface area contributed by atoms with Crippen LogP contribution in [0.5, 0.6) is 0 Å². The molecule has 0 bridgehead atoms. The van der Waals surface area contributed by atoms with E-state index < -0.39 is 76.9 Å². The van der Waals surface area contributed by atoms with Gasteiger partial charge in [0.05, 0.1) is 50.4 Å². The molecule has 0 radical (unpaired) electrons. The number of aryl methyl sites for hydroxylation is 2. The fraction of sp³-hybridized carbons (Fsp3) is 0.519. The third-order valence-corrected chi connectivity index (χ3v) is 14.7. The van der Waals surface area contributed by atoms with Gasteiger partial charge in [0.1, 0.15) is 18.1 Å². The summed E-state index contributed by atoms with van der Waals surface area (Å²) in [5.41, 5.74) is 14.6. The second-order valence-corrected chi connectivity index (χ2v) is 23.0. The highest BCUT2D eigenvalue weighted by atomic mass is 32.1. The number of rotatable bonds is 19. The summed E-state index contributed by atoms with van der Waals surface area (Å²) < 4.78 is 0. The van der Waals surface area contributed by atoms with E-state index in [0.29, 0.717) is 6.54 Å². The van der Waals surface area contributed by atoms with Crippen LogP contribution in [-0.2, 0) is 51.4 Å². The first kappa shape index (κ1) is 62.9. The lowest BCUT2D eigenvalue weighted by Crippen LogP contribution is -2.57. The van der Waals surface area contributed by atoms with E-state index in [1.807, 2.05) is 88.7 Å². The highest BCUT2D eigenvalue weighted by molar-refractivity contribution is 7.13. The molecule has 21 nitrogen and oxygen atoms in total. The van der Waals surface area contributed by atoms with Gasteiger partial charge in [0.2, 0.25) is 29.5 Å². The number of β-amino-alcohol motifs (C(OH)–C–C–N with tert-alkyl or cyclic N) is 2. The number of nitrogens with two attached hydrogens (primary N) is 1. The first-order chi connectivity index (χ1) is 36.1. The van der Waals surface area contributed by atoms with E-state index in [2.05, 4.69) is 25.9 Å². The standard InChI is InChI=1S/C27H36N4O6S.C22H30N4O3S.C5H8O4/c1-16-23(38-15-29-16)18-10-8-17(9-11-18)13-28-25(36)20-12-19(32)14-31(20)26(37)24(27(2,3)4)30-21(33)6-5-7-22(34)35;1-13-18(30-12-25-13)15-7-5-14(6-8-15)10-24-20(28)17-9-16(27)11-26(17)21(29)19(23)22(2,3)4;6-4(7)2-1-3-5(8)9/h8-11,15,19-20,24,32H,5-7,12-14H2,1-4H3,(H,28,36)(H,30,33)(H,34,35);5-8,12,16-17,19,27H,9-11,23H2,1-4H3,(H,24,28);1-3H2,(H,6,7)(H,8,9)/t19-,20+,24-;16-,17+,19-;/m11./s1. The average molecular weight is 1110 g/mol. The molecule has 2 aromatic carbocycles. The van der Waals surface area contributed by atoms with E-state index in [1.165, 1.54) is 9.80 Å². The molecule has 2 aliphatic heterocycles. The SMILES string of the molecule is Cc1ncsc1-c1ccc(CNC(=O)[C@@H]2C[C@@H](O)CN2C(=O)[C@@H](N)C(C)(C)C)cc1.Cc1ncsc1-c1ccc(CNC(=O)[C@@H]2C[C@@H](O)CN2C(=O)[C@@H](NC(=O)CCCC(=O)O)C(C)(C)C)cc1.O=C(O)CCCC(=O)O. The molecule has 5 amide bonds. The van der Waals surface area contributed by atoms with Gasteiger partial charge in [0.25, 0.3) is 0 Å². The van der Waals surface area contributed by atoms with Gasteiger partial charge < -0.3 is 57.0 Å². The lowest BCUT2D eigenvalue weighted by molar-refractivity contribution is -0.144. The van der Waals surface area contributed by atoms with Crippen molar-refractivity contribution < 1.29 is 63.9 Å². The molecule has 0 unspecified atom stereocenters. The summed E-state index contributed by atoms with van der Waals surface area (Å²) in [5.74, 6) is -4.73. The van der Waals surface area contributed by atoms with Crippen LogP contribution in [0.3, 0.4) is 0 Å². The number of aromatic nitrogens is 2. The maximum atomic E-state index is 13.5. The molecular formula is C54H74N8O13S2. The van der Waals surface area contributed by atoms with Crippen LogP contribution in [0.15, 0.2) is 59.6 Å². The van der Waals surface area contributed by atoms with Crippen LogP contribution >= 0.6 is 22.7 Å². The Labute approximate surface area is 456 Å². The molecule has 23 heteroatoms. The molecule has 6 atom stereocenters. The number of aliphatic hydroxyl groups excluding tert-OH is 2. The van der Waals surface area contributed by atoms with Gasteiger partial charge in [-0.3, -0.25) is 38.4 Å². The summed E-state index contributed by atoms with van der Waals surface area (Å²) >= 11 is 3.17. The molecule has 77 heavy (non-hydrogen) atoms. The monoisotopic (exact) mass is 1110 g/mol. The number of thiazole rings is 2. The lowest BCUT2D eigenvalue weighted by atomic mass is 9.85. The zero-order valence-electron chi connectivity index (χ0n) is 44.9. The largest absolute Gasteiger partial charge is 0.481 e. The summed E-state index contributed by atoms with van der Waals surface area (Å²) in [6, 6.07) is 12.5. The van der Waals surface area contributed by atoms with Gasteiger partial charge in [-0.05, 0) is 59.8 Å². The van der Waals surface area contributed by atoms with Gasteiger partial charge in [-0.1, -0.05) is 90.1 Å². The Bertz CT molecular complexity index is 2650. The second-order valence-electron chi connectivity index (χ2n) is 21.3. The second kappa shape index (κ2) is 28.6. The maximum absolute atomic E-state index is 13.5. The van der Waals surface area contributed by atoms with Gasteiger partial charge in [-0.15, -0.1) is 22.7 Å². The Hall–Kier alpha value is -6.66. The fourth-order valence-electron chi connectivity index (χ4n) is 8.32. The molecular weight excluding hydrogens is 1030 g/mol. The molecule has 0 aliphatic carbocycles. The van der Waals surface area contributed by atoms with Crippen molar-refractivity contribution in [1.29, 1.82) is 0 Å². The van der Waals surface area contributed by atoms with Gasteiger partial charge in [-0.25, -0.2) is 9.97 Å². The van der Waals surface area contributed by atoms with Gasteiger partial charge in [-0.2, -0.15) is 0 Å². The number of hydrogen-bond acceptors (Lipinski definition) is 15. The fourth-order valence-corrected chi connectivity index (χ4v) is 9.94. The number of carbonyl (C=O) groups excluding carboxylic acids is 5. The Kier molecular flexibility index (Phi) is 23.4. The molecule has 2 fully saturated rings. The molecule has 2 aromatic heterocycles. The number of benzene rings is 2. The smallest absolute Gasteiger partial charge is 0.303 e. The predicted octanol–water partition coefficient (Wildman–Crippen LogP) is 4.88. The highest BCUT2D eigenvalue weighted by Crippen LogP contribution is 2.30. The molecule has 2 saturated heterocycles. The number of likely N-dealkylation sites (tertiary alicyclic amines) is 2. The summed E-state index contributed by atoms with van der Waals surface area (Å²) in [7, 11) is 0. The van der Waals surface area contributed by atoms with E-state index in [1.54, 1.807) is 49.0 Å². The first-order valence-electron chi connectivity index (χ1n) is 25.3. The zero-order chi connectivity index (χ0) is 57.4. The van der Waals surface area contributed by atoms with E-state index in [9.17, 15) is 48.6 Å². The van der Waals surface area contributed by atoms with Crippen LogP contribution in [0.1, 0.15) is 115 Å². The van der Waals surface area contributed by atoms with E-state index in [4.69, 9.17) is 21.1 Å². The van der Waals surface area contributed by atoms with Crippen LogP contribution in [0.2, 0.25) is 0 Å². The van der Waals surface area contributed by atoms with Gasteiger partial charge >= 0.3 is 17.9 Å². The topological polar surface area (TPSA) is 332 Å².